The van der Waals surface area contributed by atoms with Crippen LogP contribution < -0.4 is 5.32 Å². The Hall–Kier alpha value is -1.83. The lowest BCUT2D eigenvalue weighted by Crippen LogP contribution is -2.11. The summed E-state index contributed by atoms with van der Waals surface area (Å²) in [5.41, 5.74) is 0.838. The number of benzene rings is 2. The first-order valence-corrected chi connectivity index (χ1v) is 6.22. The highest BCUT2D eigenvalue weighted by molar-refractivity contribution is 5.98. The number of carbonyl (C=O) groups is 1. The van der Waals surface area contributed by atoms with Gasteiger partial charge in [0.25, 0.3) is 0 Å². The predicted octanol–water partition coefficient (Wildman–Crippen LogP) is 3.99. The number of hydrogen-bond donors (Lipinski definition) is 1. The fraction of sp³-hybridized carbons (Fsp3) is 0.188. The monoisotopic (exact) mass is 239 g/mol. The number of anilines is 1. The standard InChI is InChI=1S/C16H17NO/c1-2-3-4-9-16(18)17-15-11-10-13-7-5-6-8-14(13)12-15/h5-12H,1-4H2,(H,17,18). The summed E-state index contributed by atoms with van der Waals surface area (Å²) in [5, 5.41) is 5.19. The van der Waals surface area contributed by atoms with Crippen LogP contribution in [0.2, 0.25) is 0 Å². The first-order chi connectivity index (χ1) is 8.79. The summed E-state index contributed by atoms with van der Waals surface area (Å²) in [6.07, 6.45) is 4.27. The lowest BCUT2D eigenvalue weighted by atomic mass is 10.1. The molecule has 92 valence electrons. The van der Waals surface area contributed by atoms with Crippen LogP contribution in [0.4, 0.5) is 5.69 Å². The van der Waals surface area contributed by atoms with E-state index in [1.165, 1.54) is 5.39 Å². The van der Waals surface area contributed by atoms with Gasteiger partial charge in [0.2, 0.25) is 5.91 Å². The maximum Gasteiger partial charge on any atom is 0.228 e. The number of fused-ring (bicyclic) bond motifs is 1. The van der Waals surface area contributed by atoms with Gasteiger partial charge in [-0.15, -0.1) is 0 Å². The third-order valence-corrected chi connectivity index (χ3v) is 2.80. The fourth-order valence-electron chi connectivity index (χ4n) is 1.84. The van der Waals surface area contributed by atoms with Gasteiger partial charge in [-0.3, -0.25) is 4.79 Å². The number of rotatable bonds is 5. The van der Waals surface area contributed by atoms with Gasteiger partial charge in [-0.05, 0) is 29.3 Å². The molecule has 2 nitrogen and oxygen atoms in total. The van der Waals surface area contributed by atoms with Gasteiger partial charge < -0.3 is 5.32 Å². The molecule has 0 fully saturated rings. The van der Waals surface area contributed by atoms with Gasteiger partial charge in [0.15, 0.2) is 0 Å². The molecule has 0 spiro atoms. The van der Waals surface area contributed by atoms with Crippen LogP contribution >= 0.6 is 0 Å². The topological polar surface area (TPSA) is 29.1 Å². The lowest BCUT2D eigenvalue weighted by molar-refractivity contribution is -0.113. The minimum absolute atomic E-state index is 0.0428. The quantitative estimate of drug-likeness (QED) is 0.785. The second-order valence-electron chi connectivity index (χ2n) is 4.25. The molecule has 0 saturated heterocycles. The highest BCUT2D eigenvalue weighted by atomic mass is 16.1. The summed E-state index contributed by atoms with van der Waals surface area (Å²) in [6, 6.07) is 14.0. The Labute approximate surface area is 108 Å². The van der Waals surface area contributed by atoms with Crippen LogP contribution in [0.15, 0.2) is 42.5 Å². The van der Waals surface area contributed by atoms with Gasteiger partial charge in [-0.2, -0.15) is 0 Å². The van der Waals surface area contributed by atoms with E-state index >= 15 is 0 Å². The molecule has 2 radical (unpaired) electrons. The summed E-state index contributed by atoms with van der Waals surface area (Å²) in [4.78, 5) is 11.6. The van der Waals surface area contributed by atoms with Crippen molar-refractivity contribution in [2.75, 3.05) is 5.32 Å². The van der Waals surface area contributed by atoms with Crippen molar-refractivity contribution in [2.45, 2.75) is 19.3 Å². The SMILES string of the molecule is [CH2]CCC[CH]C(=O)Nc1ccc2ccccc2c1. The van der Waals surface area contributed by atoms with Crippen molar-refractivity contribution in [1.29, 1.82) is 0 Å². The lowest BCUT2D eigenvalue weighted by Gasteiger charge is -2.06. The van der Waals surface area contributed by atoms with Crippen LogP contribution in [-0.4, -0.2) is 5.91 Å². The van der Waals surface area contributed by atoms with Crippen LogP contribution in [0.1, 0.15) is 19.3 Å². The Morgan fingerprint density at radius 3 is 2.72 bits per heavy atom. The van der Waals surface area contributed by atoms with Gasteiger partial charge in [0.05, 0.1) is 0 Å². The molecule has 0 heterocycles. The second-order valence-corrected chi connectivity index (χ2v) is 4.25. The summed E-state index contributed by atoms with van der Waals surface area (Å²) in [5.74, 6) is -0.0428. The molecule has 0 aromatic heterocycles. The normalized spacial score (nSPS) is 10.5. The number of unbranched alkanes of at least 4 members (excludes halogenated alkanes) is 2. The predicted molar refractivity (Wildman–Crippen MR) is 76.1 cm³/mol. The fourth-order valence-corrected chi connectivity index (χ4v) is 1.84. The van der Waals surface area contributed by atoms with Gasteiger partial charge in [0, 0.05) is 12.1 Å². The molecule has 2 aromatic rings. The molecule has 0 aliphatic carbocycles. The van der Waals surface area contributed by atoms with Crippen LogP contribution in [0.25, 0.3) is 10.8 Å². The molecule has 0 aliphatic heterocycles. The van der Waals surface area contributed by atoms with Crippen molar-refractivity contribution >= 4 is 22.4 Å². The molecule has 0 aliphatic rings. The molecular formula is C16H17NO. The molecule has 1 N–H and O–H groups in total. The van der Waals surface area contributed by atoms with Crippen LogP contribution in [0.3, 0.4) is 0 Å². The smallest absolute Gasteiger partial charge is 0.228 e. The molecule has 2 heteroatoms. The summed E-state index contributed by atoms with van der Waals surface area (Å²) in [6.45, 7) is 3.75. The Morgan fingerprint density at radius 2 is 1.94 bits per heavy atom. The van der Waals surface area contributed by atoms with E-state index in [1.54, 1.807) is 6.42 Å². The highest BCUT2D eigenvalue weighted by Crippen LogP contribution is 2.19. The summed E-state index contributed by atoms with van der Waals surface area (Å²) >= 11 is 0. The third kappa shape index (κ3) is 3.33. The minimum Gasteiger partial charge on any atom is -0.326 e. The summed E-state index contributed by atoms with van der Waals surface area (Å²) in [7, 11) is 0. The number of nitrogens with one attached hydrogen (secondary N) is 1. The molecule has 2 rings (SSSR count). The molecule has 0 unspecified atom stereocenters. The van der Waals surface area contributed by atoms with Crippen LogP contribution in [-0.2, 0) is 4.79 Å². The first-order valence-electron chi connectivity index (χ1n) is 6.22. The van der Waals surface area contributed by atoms with Gasteiger partial charge in [0.1, 0.15) is 0 Å². The number of amides is 1. The zero-order valence-corrected chi connectivity index (χ0v) is 10.4. The molecule has 0 atom stereocenters. The summed E-state index contributed by atoms with van der Waals surface area (Å²) < 4.78 is 0. The molecule has 2 aromatic carbocycles. The van der Waals surface area contributed by atoms with Gasteiger partial charge >= 0.3 is 0 Å². The van der Waals surface area contributed by atoms with Crippen molar-refractivity contribution in [3.05, 3.63) is 55.8 Å². The van der Waals surface area contributed by atoms with Crippen molar-refractivity contribution in [3.8, 4) is 0 Å². The average Bonchev–Trinajstić information content (AvgIpc) is 2.39. The second kappa shape index (κ2) is 6.20. The van der Waals surface area contributed by atoms with E-state index in [4.69, 9.17) is 0 Å². The molecule has 1 amide bonds. The van der Waals surface area contributed by atoms with E-state index in [9.17, 15) is 4.79 Å². The van der Waals surface area contributed by atoms with Crippen LogP contribution in [0, 0.1) is 13.3 Å². The van der Waals surface area contributed by atoms with Crippen molar-refractivity contribution in [1.82, 2.24) is 0 Å². The van der Waals surface area contributed by atoms with Gasteiger partial charge in [-0.25, -0.2) is 0 Å². The van der Waals surface area contributed by atoms with E-state index in [-0.39, 0.29) is 5.91 Å². The van der Waals surface area contributed by atoms with Gasteiger partial charge in [-0.1, -0.05) is 50.1 Å². The first kappa shape index (κ1) is 12.6. The van der Waals surface area contributed by atoms with E-state index in [1.807, 2.05) is 36.4 Å². The Balaban J connectivity index is 2.01. The van der Waals surface area contributed by atoms with E-state index < -0.39 is 0 Å². The van der Waals surface area contributed by atoms with E-state index in [0.717, 1.165) is 30.3 Å². The van der Waals surface area contributed by atoms with Crippen molar-refractivity contribution < 1.29 is 4.79 Å². The molecular weight excluding hydrogens is 222 g/mol. The highest BCUT2D eigenvalue weighted by Gasteiger charge is 2.02. The minimum atomic E-state index is -0.0428. The number of carbonyl (C=O) groups excluding carboxylic acids is 1. The van der Waals surface area contributed by atoms with Crippen LogP contribution in [0.5, 0.6) is 0 Å². The zero-order valence-electron chi connectivity index (χ0n) is 10.4. The maximum absolute atomic E-state index is 11.6. The largest absolute Gasteiger partial charge is 0.326 e. The zero-order chi connectivity index (χ0) is 12.8. The Morgan fingerprint density at radius 1 is 1.17 bits per heavy atom. The van der Waals surface area contributed by atoms with E-state index in [0.29, 0.717) is 0 Å². The van der Waals surface area contributed by atoms with E-state index in [2.05, 4.69) is 18.3 Å². The average molecular weight is 239 g/mol. The molecule has 18 heavy (non-hydrogen) atoms. The molecule has 0 bridgehead atoms. The van der Waals surface area contributed by atoms with Crippen molar-refractivity contribution in [3.63, 3.8) is 0 Å². The van der Waals surface area contributed by atoms with Crippen molar-refractivity contribution in [2.24, 2.45) is 0 Å². The third-order valence-electron chi connectivity index (χ3n) is 2.80. The Bertz CT molecular complexity index is 533. The maximum atomic E-state index is 11.6. The molecule has 0 saturated carbocycles. The number of hydrogen-bond acceptors (Lipinski definition) is 1. The Kier molecular flexibility index (Phi) is 4.35.